The van der Waals surface area contributed by atoms with Crippen LogP contribution >= 0.6 is 0 Å². The fourth-order valence-corrected chi connectivity index (χ4v) is 2.28. The predicted molar refractivity (Wildman–Crippen MR) is 79.1 cm³/mol. The molecule has 0 bridgehead atoms. The maximum absolute atomic E-state index is 7.36. The van der Waals surface area contributed by atoms with E-state index in [1.54, 1.807) is 0 Å². The lowest BCUT2D eigenvalue weighted by Crippen LogP contribution is -1.95. The van der Waals surface area contributed by atoms with Crippen LogP contribution in [0.5, 0.6) is 0 Å². The molecule has 1 aromatic rings. The summed E-state index contributed by atoms with van der Waals surface area (Å²) in [4.78, 5) is 0. The van der Waals surface area contributed by atoms with Gasteiger partial charge in [-0.1, -0.05) is 69.7 Å². The van der Waals surface area contributed by atoms with Crippen molar-refractivity contribution < 1.29 is 0 Å². The number of aryl methyl sites for hydroxylation is 1. The van der Waals surface area contributed by atoms with E-state index in [4.69, 9.17) is 6.42 Å². The Bertz CT molecular complexity index is 353. The minimum Gasteiger partial charge on any atom is -0.0809 e. The third-order valence-electron chi connectivity index (χ3n) is 3.45. The lowest BCUT2D eigenvalue weighted by Gasteiger charge is -2.10. The summed E-state index contributed by atoms with van der Waals surface area (Å²) in [5.41, 5.74) is 2.67. The van der Waals surface area contributed by atoms with Crippen LogP contribution in [-0.4, -0.2) is 0 Å². The van der Waals surface area contributed by atoms with E-state index in [1.807, 2.05) is 0 Å². The molecule has 1 aromatic carbocycles. The highest BCUT2D eigenvalue weighted by atomic mass is 14.1. The third kappa shape index (κ3) is 4.96. The Kier molecular flexibility index (Phi) is 7.26. The highest BCUT2D eigenvalue weighted by Gasteiger charge is 2.06. The Morgan fingerprint density at radius 1 is 1.00 bits per heavy atom. The monoisotopic (exact) mass is 241 g/mol. The molecule has 0 fully saturated rings. The number of unbranched alkanes of at least 4 members (excludes halogenated alkanes) is 3. The second-order valence-corrected chi connectivity index (χ2v) is 5.04. The van der Waals surface area contributed by atoms with E-state index in [-0.39, 0.29) is 5.92 Å². The van der Waals surface area contributed by atoms with E-state index >= 15 is 0 Å². The summed E-state index contributed by atoms with van der Waals surface area (Å²) in [5, 5.41) is 0. The first-order valence-corrected chi connectivity index (χ1v) is 7.32. The molecule has 0 saturated carbocycles. The molecule has 0 nitrogen and oxygen atoms in total. The van der Waals surface area contributed by atoms with E-state index in [1.165, 1.54) is 43.2 Å². The Hall–Kier alpha value is -1.22. The molecule has 1 unspecified atom stereocenters. The van der Waals surface area contributed by atoms with Crippen molar-refractivity contribution in [1.29, 1.82) is 0 Å². The first-order valence-electron chi connectivity index (χ1n) is 7.32. The lowest BCUT2D eigenvalue weighted by atomic mass is 9.94. The summed E-state index contributed by atoms with van der Waals surface area (Å²) in [6.07, 6.45) is 16.0. The Morgan fingerprint density at radius 2 is 1.72 bits per heavy atom. The van der Waals surface area contributed by atoms with E-state index in [0.717, 1.165) is 12.8 Å². The van der Waals surface area contributed by atoms with Crippen LogP contribution in [0.3, 0.4) is 0 Å². The van der Waals surface area contributed by atoms with Gasteiger partial charge in [0.15, 0.2) is 0 Å². The highest BCUT2D eigenvalue weighted by molar-refractivity contribution is 5.29. The predicted octanol–water partition coefficient (Wildman–Crippen LogP) is 5.28. The zero-order valence-electron chi connectivity index (χ0n) is 11.8. The number of hydrogen-bond donors (Lipinski definition) is 0. The lowest BCUT2D eigenvalue weighted by molar-refractivity contribution is 0.666. The molecule has 1 radical (unpaired) electrons. The van der Waals surface area contributed by atoms with Crippen molar-refractivity contribution in [1.82, 2.24) is 0 Å². The molecule has 1 atom stereocenters. The summed E-state index contributed by atoms with van der Waals surface area (Å²) in [6.45, 7) is 4.41. The molecule has 0 amide bonds. The van der Waals surface area contributed by atoms with Crippen molar-refractivity contribution in [2.45, 2.75) is 64.7 Å². The van der Waals surface area contributed by atoms with Gasteiger partial charge in [-0.2, -0.15) is 0 Å². The standard InChI is InChI=1S/C18H25/c1-4-7-8-9-11-16-12-14-18(15-13-16)17(6-3)10-5-2/h12-15,17H,4-5,7-11H2,1-2H3. The minimum atomic E-state index is 0.184. The number of benzene rings is 1. The molecular formula is C18H25. The van der Waals surface area contributed by atoms with Crippen molar-refractivity contribution in [3.05, 3.63) is 41.8 Å². The van der Waals surface area contributed by atoms with Gasteiger partial charge in [-0.05, 0) is 36.8 Å². The van der Waals surface area contributed by atoms with Crippen LogP contribution in [0, 0.1) is 12.3 Å². The van der Waals surface area contributed by atoms with E-state index in [9.17, 15) is 0 Å². The van der Waals surface area contributed by atoms with Crippen molar-refractivity contribution in [3.8, 4) is 5.92 Å². The summed E-state index contributed by atoms with van der Waals surface area (Å²) in [5.74, 6) is 2.83. The second kappa shape index (κ2) is 8.81. The zero-order valence-corrected chi connectivity index (χ0v) is 11.8. The molecule has 0 aliphatic rings. The molecule has 0 saturated heterocycles. The highest BCUT2D eigenvalue weighted by Crippen LogP contribution is 2.21. The fourth-order valence-electron chi connectivity index (χ4n) is 2.28. The topological polar surface area (TPSA) is 0 Å². The summed E-state index contributed by atoms with van der Waals surface area (Å²) in [7, 11) is 0. The van der Waals surface area contributed by atoms with Gasteiger partial charge in [0, 0.05) is 5.92 Å². The summed E-state index contributed by atoms with van der Waals surface area (Å²) in [6, 6.07) is 8.80. The van der Waals surface area contributed by atoms with Crippen LogP contribution in [0.2, 0.25) is 0 Å². The van der Waals surface area contributed by atoms with Gasteiger partial charge in [0.25, 0.3) is 0 Å². The van der Waals surface area contributed by atoms with Crippen molar-refractivity contribution in [2.75, 3.05) is 0 Å². The number of hydrogen-bond acceptors (Lipinski definition) is 0. The van der Waals surface area contributed by atoms with Gasteiger partial charge in [-0.25, -0.2) is 0 Å². The number of rotatable bonds is 8. The van der Waals surface area contributed by atoms with Crippen molar-refractivity contribution in [3.63, 3.8) is 0 Å². The van der Waals surface area contributed by atoms with Crippen LogP contribution in [0.15, 0.2) is 24.3 Å². The third-order valence-corrected chi connectivity index (χ3v) is 3.45. The van der Waals surface area contributed by atoms with Crippen LogP contribution in [-0.2, 0) is 6.42 Å². The molecule has 97 valence electrons. The molecule has 0 aliphatic carbocycles. The van der Waals surface area contributed by atoms with Gasteiger partial charge < -0.3 is 0 Å². The zero-order chi connectivity index (χ0) is 13.2. The molecule has 1 rings (SSSR count). The maximum atomic E-state index is 7.36. The molecule has 0 aromatic heterocycles. The van der Waals surface area contributed by atoms with Crippen LogP contribution in [0.1, 0.15) is 69.4 Å². The quantitative estimate of drug-likeness (QED) is 0.429. The van der Waals surface area contributed by atoms with Gasteiger partial charge in [0.05, 0.1) is 0 Å². The van der Waals surface area contributed by atoms with Crippen LogP contribution in [0.4, 0.5) is 0 Å². The van der Waals surface area contributed by atoms with E-state index in [0.29, 0.717) is 0 Å². The molecule has 0 heterocycles. The van der Waals surface area contributed by atoms with Crippen molar-refractivity contribution >= 4 is 0 Å². The maximum Gasteiger partial charge on any atom is 0.0462 e. The molecule has 18 heavy (non-hydrogen) atoms. The molecular weight excluding hydrogens is 216 g/mol. The van der Waals surface area contributed by atoms with Crippen molar-refractivity contribution in [2.24, 2.45) is 0 Å². The van der Waals surface area contributed by atoms with Gasteiger partial charge in [-0.3, -0.25) is 0 Å². The average molecular weight is 241 g/mol. The minimum absolute atomic E-state index is 0.184. The SMILES string of the molecule is [C]#CC(CCC)c1ccc(CCCCCC)cc1. The van der Waals surface area contributed by atoms with Gasteiger partial charge in [0.1, 0.15) is 0 Å². The molecule has 0 heteroatoms. The molecule has 0 aliphatic heterocycles. The van der Waals surface area contributed by atoms with Crippen LogP contribution in [0.25, 0.3) is 0 Å². The second-order valence-electron chi connectivity index (χ2n) is 5.04. The summed E-state index contributed by atoms with van der Waals surface area (Å²) < 4.78 is 0. The first-order chi connectivity index (χ1) is 8.81. The molecule has 0 N–H and O–H groups in total. The average Bonchev–Trinajstić information content (AvgIpc) is 2.42. The Balaban J connectivity index is 2.49. The fraction of sp³-hybridized carbons (Fsp3) is 0.556. The normalized spacial score (nSPS) is 12.1. The largest absolute Gasteiger partial charge is 0.0809 e. The van der Waals surface area contributed by atoms with Crippen LogP contribution < -0.4 is 0 Å². The van der Waals surface area contributed by atoms with E-state index < -0.39 is 0 Å². The van der Waals surface area contributed by atoms with Gasteiger partial charge in [0.2, 0.25) is 0 Å². The smallest absolute Gasteiger partial charge is 0.0462 e. The van der Waals surface area contributed by atoms with Gasteiger partial charge in [-0.15, -0.1) is 0 Å². The molecule has 0 spiro atoms. The van der Waals surface area contributed by atoms with Gasteiger partial charge >= 0.3 is 0 Å². The Morgan fingerprint density at radius 3 is 2.28 bits per heavy atom. The Labute approximate surface area is 113 Å². The first kappa shape index (κ1) is 14.8. The van der Waals surface area contributed by atoms with E-state index in [2.05, 4.69) is 44.0 Å². The summed E-state index contributed by atoms with van der Waals surface area (Å²) >= 11 is 0.